The molecule has 1 unspecified atom stereocenters. The summed E-state index contributed by atoms with van der Waals surface area (Å²) in [5.74, 6) is 0. The van der Waals surface area contributed by atoms with Gasteiger partial charge in [-0.05, 0) is 41.5 Å². The van der Waals surface area contributed by atoms with Crippen molar-refractivity contribution in [3.05, 3.63) is 0 Å². The highest BCUT2D eigenvalue weighted by molar-refractivity contribution is 5.02. The third-order valence-electron chi connectivity index (χ3n) is 3.34. The topological polar surface area (TPSA) is 30.3 Å². The van der Waals surface area contributed by atoms with E-state index >= 15 is 0 Å². The van der Waals surface area contributed by atoms with Gasteiger partial charge in [0.15, 0.2) is 0 Å². The van der Waals surface area contributed by atoms with Crippen LogP contribution in [0.1, 0.15) is 41.5 Å². The fraction of sp³-hybridized carbons (Fsp3) is 0.923. The average Bonchev–Trinajstić information content (AvgIpc) is 2.14. The molecule has 1 fully saturated rings. The maximum Gasteiger partial charge on any atom is 0.111 e. The molecule has 16 heavy (non-hydrogen) atoms. The van der Waals surface area contributed by atoms with E-state index in [-0.39, 0.29) is 17.1 Å². The van der Waals surface area contributed by atoms with Gasteiger partial charge in [-0.1, -0.05) is 0 Å². The number of piperazine rings is 1. The Bertz CT molecular complexity index is 277. The minimum absolute atomic E-state index is 0.0213. The van der Waals surface area contributed by atoms with Crippen molar-refractivity contribution in [1.29, 1.82) is 5.26 Å². The van der Waals surface area contributed by atoms with E-state index in [9.17, 15) is 5.26 Å². The third-order valence-corrected chi connectivity index (χ3v) is 3.34. The Morgan fingerprint density at radius 2 is 1.56 bits per heavy atom. The second-order valence-electron chi connectivity index (χ2n) is 6.63. The summed E-state index contributed by atoms with van der Waals surface area (Å²) in [4.78, 5) is 4.72. The van der Waals surface area contributed by atoms with Crippen LogP contribution in [0.3, 0.4) is 0 Å². The fourth-order valence-electron chi connectivity index (χ4n) is 2.31. The van der Waals surface area contributed by atoms with E-state index in [0.717, 1.165) is 19.6 Å². The molecule has 0 aromatic heterocycles. The summed E-state index contributed by atoms with van der Waals surface area (Å²) in [5, 5.41) is 9.29. The standard InChI is InChI=1S/C13H25N3/c1-12(2,3)15-7-8-16(13(4,5)6)11(9-14)10-15/h11H,7-8,10H2,1-6H3. The molecule has 92 valence electrons. The van der Waals surface area contributed by atoms with Crippen LogP contribution in [0.15, 0.2) is 0 Å². The summed E-state index contributed by atoms with van der Waals surface area (Å²) < 4.78 is 0. The van der Waals surface area contributed by atoms with Crippen molar-refractivity contribution in [3.63, 3.8) is 0 Å². The van der Waals surface area contributed by atoms with Crippen LogP contribution in [0.2, 0.25) is 0 Å². The molecule has 1 heterocycles. The molecular weight excluding hydrogens is 198 g/mol. The SMILES string of the molecule is CC(C)(C)N1CCN(C(C)(C)C)C(C#N)C1. The Kier molecular flexibility index (Phi) is 3.66. The summed E-state index contributed by atoms with van der Waals surface area (Å²) in [6.45, 7) is 16.1. The quantitative estimate of drug-likeness (QED) is 0.630. The number of hydrogen-bond acceptors (Lipinski definition) is 3. The highest BCUT2D eigenvalue weighted by atomic mass is 15.3. The molecule has 0 N–H and O–H groups in total. The highest BCUT2D eigenvalue weighted by Crippen LogP contribution is 2.24. The van der Waals surface area contributed by atoms with Crippen LogP contribution in [0.25, 0.3) is 0 Å². The minimum Gasteiger partial charge on any atom is -0.295 e. The van der Waals surface area contributed by atoms with Crippen LogP contribution >= 0.6 is 0 Å². The van der Waals surface area contributed by atoms with E-state index in [4.69, 9.17) is 0 Å². The van der Waals surface area contributed by atoms with E-state index in [0.29, 0.717) is 0 Å². The van der Waals surface area contributed by atoms with Gasteiger partial charge in [0, 0.05) is 30.7 Å². The van der Waals surface area contributed by atoms with Crippen molar-refractivity contribution in [2.24, 2.45) is 0 Å². The maximum atomic E-state index is 9.29. The van der Waals surface area contributed by atoms with E-state index < -0.39 is 0 Å². The number of hydrogen-bond donors (Lipinski definition) is 0. The zero-order chi connectivity index (χ0) is 12.6. The molecule has 3 nitrogen and oxygen atoms in total. The number of nitriles is 1. The molecule has 1 aliphatic rings. The highest BCUT2D eigenvalue weighted by Gasteiger charge is 2.36. The first-order valence-electron chi connectivity index (χ1n) is 6.07. The minimum atomic E-state index is 0.0213. The van der Waals surface area contributed by atoms with Crippen molar-refractivity contribution < 1.29 is 0 Å². The molecule has 0 amide bonds. The van der Waals surface area contributed by atoms with Crippen LogP contribution < -0.4 is 0 Å². The van der Waals surface area contributed by atoms with Crippen LogP contribution in [0.5, 0.6) is 0 Å². The lowest BCUT2D eigenvalue weighted by atomic mass is 9.97. The molecule has 0 radical (unpaired) electrons. The summed E-state index contributed by atoms with van der Waals surface area (Å²) in [5.41, 5.74) is 0.253. The molecule has 0 bridgehead atoms. The Balaban J connectivity index is 2.77. The molecule has 3 heteroatoms. The van der Waals surface area contributed by atoms with Gasteiger partial charge in [0.2, 0.25) is 0 Å². The predicted molar refractivity (Wildman–Crippen MR) is 67.2 cm³/mol. The summed E-state index contributed by atoms with van der Waals surface area (Å²) >= 11 is 0. The summed E-state index contributed by atoms with van der Waals surface area (Å²) in [6.07, 6.45) is 0. The van der Waals surface area contributed by atoms with Crippen molar-refractivity contribution in [3.8, 4) is 6.07 Å². The molecule has 0 saturated carbocycles. The van der Waals surface area contributed by atoms with Gasteiger partial charge in [-0.15, -0.1) is 0 Å². The van der Waals surface area contributed by atoms with Gasteiger partial charge in [0.05, 0.1) is 6.07 Å². The molecular formula is C13H25N3. The smallest absolute Gasteiger partial charge is 0.111 e. The van der Waals surface area contributed by atoms with Gasteiger partial charge in [0.25, 0.3) is 0 Å². The van der Waals surface area contributed by atoms with E-state index in [2.05, 4.69) is 57.4 Å². The lowest BCUT2D eigenvalue weighted by Gasteiger charge is -2.49. The largest absolute Gasteiger partial charge is 0.295 e. The normalized spacial score (nSPS) is 25.4. The molecule has 1 aliphatic heterocycles. The van der Waals surface area contributed by atoms with Gasteiger partial charge in [-0.2, -0.15) is 5.26 Å². The van der Waals surface area contributed by atoms with E-state index in [1.54, 1.807) is 0 Å². The molecule has 1 atom stereocenters. The van der Waals surface area contributed by atoms with Gasteiger partial charge in [0.1, 0.15) is 6.04 Å². The fourth-order valence-corrected chi connectivity index (χ4v) is 2.31. The second kappa shape index (κ2) is 4.35. The Morgan fingerprint density at radius 1 is 1.00 bits per heavy atom. The van der Waals surface area contributed by atoms with E-state index in [1.165, 1.54) is 0 Å². The second-order valence-corrected chi connectivity index (χ2v) is 6.63. The summed E-state index contributed by atoms with van der Waals surface area (Å²) in [6, 6.07) is 2.47. The first kappa shape index (κ1) is 13.5. The molecule has 0 spiro atoms. The van der Waals surface area contributed by atoms with Crippen molar-refractivity contribution in [1.82, 2.24) is 9.80 Å². The Morgan fingerprint density at radius 3 is 1.94 bits per heavy atom. The molecule has 0 aromatic carbocycles. The van der Waals surface area contributed by atoms with E-state index in [1.807, 2.05) is 0 Å². The van der Waals surface area contributed by atoms with Crippen molar-refractivity contribution in [2.75, 3.05) is 19.6 Å². The van der Waals surface area contributed by atoms with Crippen LogP contribution in [0.4, 0.5) is 0 Å². The zero-order valence-corrected chi connectivity index (χ0v) is 11.5. The monoisotopic (exact) mass is 223 g/mol. The maximum absolute atomic E-state index is 9.29. The average molecular weight is 223 g/mol. The third kappa shape index (κ3) is 2.96. The molecule has 1 saturated heterocycles. The van der Waals surface area contributed by atoms with Gasteiger partial charge >= 0.3 is 0 Å². The van der Waals surface area contributed by atoms with Gasteiger partial charge in [-0.25, -0.2) is 0 Å². The summed E-state index contributed by atoms with van der Waals surface area (Å²) in [7, 11) is 0. The molecule has 0 aromatic rings. The van der Waals surface area contributed by atoms with Crippen LogP contribution in [-0.2, 0) is 0 Å². The Hall–Kier alpha value is -0.590. The zero-order valence-electron chi connectivity index (χ0n) is 11.5. The van der Waals surface area contributed by atoms with Crippen LogP contribution in [-0.4, -0.2) is 46.6 Å². The first-order valence-corrected chi connectivity index (χ1v) is 6.07. The van der Waals surface area contributed by atoms with Crippen molar-refractivity contribution in [2.45, 2.75) is 58.7 Å². The van der Waals surface area contributed by atoms with Gasteiger partial charge < -0.3 is 0 Å². The van der Waals surface area contributed by atoms with Crippen molar-refractivity contribution >= 4 is 0 Å². The number of rotatable bonds is 0. The molecule has 1 rings (SSSR count). The molecule has 0 aliphatic carbocycles. The Labute approximate surface area is 100 Å². The lowest BCUT2D eigenvalue weighted by Crippen LogP contribution is -2.62. The number of nitrogens with zero attached hydrogens (tertiary/aromatic N) is 3. The van der Waals surface area contributed by atoms with Gasteiger partial charge in [-0.3, -0.25) is 9.80 Å². The first-order chi connectivity index (χ1) is 7.16. The predicted octanol–water partition coefficient (Wildman–Crippen LogP) is 2.09. The lowest BCUT2D eigenvalue weighted by molar-refractivity contribution is -0.00276. The van der Waals surface area contributed by atoms with Crippen LogP contribution in [0, 0.1) is 11.3 Å².